The number of fused-ring (bicyclic) bond motifs is 1. The SMILES string of the molecule is CC[C@H](C)N(CC(=O)Nc1nc(C)cs1)C(=O)c1ccc2ccccc2c1. The molecular weight excluding hydrogens is 358 g/mol. The molecule has 0 aliphatic carbocycles. The van der Waals surface area contributed by atoms with Crippen molar-refractivity contribution in [2.75, 3.05) is 11.9 Å². The van der Waals surface area contributed by atoms with Crippen molar-refractivity contribution in [1.82, 2.24) is 9.88 Å². The van der Waals surface area contributed by atoms with Crippen molar-refractivity contribution in [2.45, 2.75) is 33.2 Å². The van der Waals surface area contributed by atoms with E-state index in [1.54, 1.807) is 4.90 Å². The summed E-state index contributed by atoms with van der Waals surface area (Å²) in [5.74, 6) is -0.376. The lowest BCUT2D eigenvalue weighted by molar-refractivity contribution is -0.117. The van der Waals surface area contributed by atoms with Gasteiger partial charge in [-0.25, -0.2) is 4.98 Å². The van der Waals surface area contributed by atoms with E-state index in [4.69, 9.17) is 0 Å². The van der Waals surface area contributed by atoms with Gasteiger partial charge in [-0.3, -0.25) is 9.59 Å². The molecule has 2 amide bonds. The maximum atomic E-state index is 13.1. The van der Waals surface area contributed by atoms with E-state index in [9.17, 15) is 9.59 Å². The molecule has 0 radical (unpaired) electrons. The van der Waals surface area contributed by atoms with Crippen LogP contribution in [0.5, 0.6) is 0 Å². The van der Waals surface area contributed by atoms with E-state index in [1.165, 1.54) is 11.3 Å². The van der Waals surface area contributed by atoms with Crippen LogP contribution in [0.1, 0.15) is 36.3 Å². The molecule has 0 saturated heterocycles. The quantitative estimate of drug-likeness (QED) is 0.684. The number of hydrogen-bond acceptors (Lipinski definition) is 4. The smallest absolute Gasteiger partial charge is 0.254 e. The van der Waals surface area contributed by atoms with Crippen molar-refractivity contribution in [2.24, 2.45) is 0 Å². The number of aromatic nitrogens is 1. The summed E-state index contributed by atoms with van der Waals surface area (Å²) < 4.78 is 0. The van der Waals surface area contributed by atoms with Gasteiger partial charge < -0.3 is 10.2 Å². The van der Waals surface area contributed by atoms with Crippen LogP contribution >= 0.6 is 11.3 Å². The Balaban J connectivity index is 1.80. The van der Waals surface area contributed by atoms with Crippen LogP contribution < -0.4 is 5.32 Å². The number of rotatable bonds is 6. The van der Waals surface area contributed by atoms with Crippen LogP contribution in [0.2, 0.25) is 0 Å². The first kappa shape index (κ1) is 19.0. The Labute approximate surface area is 163 Å². The van der Waals surface area contributed by atoms with Gasteiger partial charge in [-0.2, -0.15) is 0 Å². The Morgan fingerprint density at radius 2 is 1.93 bits per heavy atom. The summed E-state index contributed by atoms with van der Waals surface area (Å²) in [6.07, 6.45) is 0.767. The lowest BCUT2D eigenvalue weighted by Gasteiger charge is -2.28. The minimum Gasteiger partial charge on any atom is -0.327 e. The number of benzene rings is 2. The molecular formula is C21H23N3O2S. The highest BCUT2D eigenvalue weighted by Crippen LogP contribution is 2.19. The van der Waals surface area contributed by atoms with E-state index in [2.05, 4.69) is 10.3 Å². The number of thiazole rings is 1. The van der Waals surface area contributed by atoms with E-state index < -0.39 is 0 Å². The summed E-state index contributed by atoms with van der Waals surface area (Å²) in [7, 11) is 0. The van der Waals surface area contributed by atoms with Gasteiger partial charge in [0.25, 0.3) is 5.91 Å². The van der Waals surface area contributed by atoms with Crippen LogP contribution in [0.15, 0.2) is 47.8 Å². The van der Waals surface area contributed by atoms with Gasteiger partial charge in [0.05, 0.1) is 5.69 Å². The van der Waals surface area contributed by atoms with E-state index >= 15 is 0 Å². The first-order valence-electron chi connectivity index (χ1n) is 8.99. The Morgan fingerprint density at radius 1 is 1.19 bits per heavy atom. The van der Waals surface area contributed by atoms with Crippen molar-refractivity contribution in [1.29, 1.82) is 0 Å². The fraction of sp³-hybridized carbons (Fsp3) is 0.286. The number of aryl methyl sites for hydroxylation is 1. The van der Waals surface area contributed by atoms with Gasteiger partial charge in [0.15, 0.2) is 5.13 Å². The maximum Gasteiger partial charge on any atom is 0.254 e. The molecule has 0 unspecified atom stereocenters. The van der Waals surface area contributed by atoms with Crippen LogP contribution in [-0.4, -0.2) is 34.3 Å². The number of carbonyl (C=O) groups excluding carboxylic acids is 2. The maximum absolute atomic E-state index is 13.1. The third kappa shape index (κ3) is 4.52. The predicted octanol–water partition coefficient (Wildman–Crippen LogP) is 4.48. The minimum atomic E-state index is -0.237. The highest BCUT2D eigenvalue weighted by molar-refractivity contribution is 7.13. The molecule has 0 fully saturated rings. The average Bonchev–Trinajstić information content (AvgIpc) is 3.09. The molecule has 1 N–H and O–H groups in total. The van der Waals surface area contributed by atoms with E-state index in [1.807, 2.05) is 68.6 Å². The largest absolute Gasteiger partial charge is 0.327 e. The zero-order valence-electron chi connectivity index (χ0n) is 15.7. The molecule has 0 aliphatic rings. The van der Waals surface area contributed by atoms with Crippen LogP contribution in [0.25, 0.3) is 10.8 Å². The van der Waals surface area contributed by atoms with Gasteiger partial charge in [-0.05, 0) is 43.2 Å². The molecule has 1 atom stereocenters. The number of nitrogens with zero attached hydrogens (tertiary/aromatic N) is 2. The number of hydrogen-bond donors (Lipinski definition) is 1. The average molecular weight is 382 g/mol. The van der Waals surface area contributed by atoms with Gasteiger partial charge >= 0.3 is 0 Å². The summed E-state index contributed by atoms with van der Waals surface area (Å²) in [6, 6.07) is 13.5. The zero-order valence-corrected chi connectivity index (χ0v) is 16.5. The molecule has 6 heteroatoms. The summed E-state index contributed by atoms with van der Waals surface area (Å²) in [4.78, 5) is 31.4. The second kappa shape index (κ2) is 8.31. The molecule has 3 aromatic rings. The fourth-order valence-electron chi connectivity index (χ4n) is 2.86. The molecule has 1 heterocycles. The molecule has 2 aromatic carbocycles. The van der Waals surface area contributed by atoms with Crippen LogP contribution in [0.4, 0.5) is 5.13 Å². The van der Waals surface area contributed by atoms with Gasteiger partial charge in [0.1, 0.15) is 6.54 Å². The van der Waals surface area contributed by atoms with Gasteiger partial charge in [-0.15, -0.1) is 11.3 Å². The molecule has 0 bridgehead atoms. The van der Waals surface area contributed by atoms with Crippen molar-refractivity contribution >= 4 is 39.1 Å². The Hall–Kier alpha value is -2.73. The third-order valence-corrected chi connectivity index (χ3v) is 5.44. The molecule has 0 aliphatic heterocycles. The van der Waals surface area contributed by atoms with E-state index in [0.29, 0.717) is 10.7 Å². The standard InChI is InChI=1S/C21H23N3O2S/c1-4-15(3)24(12-19(25)23-21-22-14(2)13-27-21)20(26)18-10-9-16-7-5-6-8-17(16)11-18/h5-11,13,15H,4,12H2,1-3H3,(H,22,23,25)/t15-/m0/s1. The first-order valence-corrected chi connectivity index (χ1v) is 9.87. The molecule has 3 rings (SSSR count). The number of anilines is 1. The van der Waals surface area contributed by atoms with Gasteiger partial charge in [0.2, 0.25) is 5.91 Å². The zero-order chi connectivity index (χ0) is 19.4. The Bertz CT molecular complexity index is 967. The molecule has 140 valence electrons. The predicted molar refractivity (Wildman–Crippen MR) is 110 cm³/mol. The molecule has 0 saturated carbocycles. The molecule has 5 nitrogen and oxygen atoms in total. The van der Waals surface area contributed by atoms with Crippen LogP contribution in [0.3, 0.4) is 0 Å². The number of carbonyl (C=O) groups is 2. The topological polar surface area (TPSA) is 62.3 Å². The lowest BCUT2D eigenvalue weighted by atomic mass is 10.1. The van der Waals surface area contributed by atoms with Crippen molar-refractivity contribution in [3.05, 3.63) is 59.1 Å². The second-order valence-electron chi connectivity index (χ2n) is 6.59. The van der Waals surface area contributed by atoms with Gasteiger partial charge in [-0.1, -0.05) is 37.3 Å². The fourth-order valence-corrected chi connectivity index (χ4v) is 3.57. The first-order chi connectivity index (χ1) is 13.0. The van der Waals surface area contributed by atoms with E-state index in [0.717, 1.165) is 22.9 Å². The lowest BCUT2D eigenvalue weighted by Crippen LogP contribution is -2.43. The highest BCUT2D eigenvalue weighted by atomic mass is 32.1. The van der Waals surface area contributed by atoms with Crippen LogP contribution in [0, 0.1) is 6.92 Å². The second-order valence-corrected chi connectivity index (χ2v) is 7.45. The Morgan fingerprint density at radius 3 is 2.59 bits per heavy atom. The third-order valence-electron chi connectivity index (χ3n) is 4.56. The summed E-state index contributed by atoms with van der Waals surface area (Å²) in [5, 5.41) is 7.31. The monoisotopic (exact) mass is 381 g/mol. The summed E-state index contributed by atoms with van der Waals surface area (Å²) >= 11 is 1.38. The molecule has 0 spiro atoms. The number of nitrogens with one attached hydrogen (secondary N) is 1. The molecule has 27 heavy (non-hydrogen) atoms. The van der Waals surface area contributed by atoms with Crippen molar-refractivity contribution < 1.29 is 9.59 Å². The summed E-state index contributed by atoms with van der Waals surface area (Å²) in [5.41, 5.74) is 1.45. The Kier molecular flexibility index (Phi) is 5.86. The van der Waals surface area contributed by atoms with Crippen molar-refractivity contribution in [3.63, 3.8) is 0 Å². The normalized spacial score (nSPS) is 12.0. The number of amides is 2. The molecule has 1 aromatic heterocycles. The highest BCUT2D eigenvalue weighted by Gasteiger charge is 2.23. The van der Waals surface area contributed by atoms with Crippen molar-refractivity contribution in [3.8, 4) is 0 Å². The minimum absolute atomic E-state index is 0.000700. The van der Waals surface area contributed by atoms with E-state index in [-0.39, 0.29) is 24.4 Å². The summed E-state index contributed by atoms with van der Waals surface area (Å²) in [6.45, 7) is 5.84. The van der Waals surface area contributed by atoms with Gasteiger partial charge in [0, 0.05) is 17.0 Å². The van der Waals surface area contributed by atoms with Crippen LogP contribution in [-0.2, 0) is 4.79 Å².